The van der Waals surface area contributed by atoms with Crippen LogP contribution in [0.3, 0.4) is 0 Å². The summed E-state index contributed by atoms with van der Waals surface area (Å²) in [5.41, 5.74) is -1.26. The molecule has 3 aliphatic heterocycles. The molecule has 8 nitrogen and oxygen atoms in total. The van der Waals surface area contributed by atoms with Gasteiger partial charge >= 0.3 is 0 Å². The van der Waals surface area contributed by atoms with E-state index in [2.05, 4.69) is 25.2 Å². The number of hydrogen-bond donors (Lipinski definition) is 3. The lowest BCUT2D eigenvalue weighted by atomic mass is 9.72. The molecule has 0 aromatic rings. The Hall–Kier alpha value is -1.58. The van der Waals surface area contributed by atoms with E-state index in [0.717, 1.165) is 12.0 Å². The zero-order valence-corrected chi connectivity index (χ0v) is 20.7. The normalized spacial score (nSPS) is 41.3. The molecule has 1 aliphatic carbocycles. The number of rotatable bonds is 11. The lowest BCUT2D eigenvalue weighted by Crippen LogP contribution is -2.57. The van der Waals surface area contributed by atoms with Gasteiger partial charge in [-0.3, -0.25) is 9.59 Å². The molecule has 4 fully saturated rings. The van der Waals surface area contributed by atoms with Crippen molar-refractivity contribution in [2.24, 2.45) is 5.92 Å². The van der Waals surface area contributed by atoms with E-state index in [0.29, 0.717) is 12.3 Å². The Morgan fingerprint density at radius 3 is 2.38 bits per heavy atom. The first-order valence-electron chi connectivity index (χ1n) is 12.7. The summed E-state index contributed by atoms with van der Waals surface area (Å²) in [6.07, 6.45) is 8.54. The molecule has 9 atom stereocenters. The molecule has 190 valence electrons. The second-order valence-electron chi connectivity index (χ2n) is 10.7. The molecule has 0 radical (unpaired) electrons. The van der Waals surface area contributed by atoms with Crippen LogP contribution in [0, 0.1) is 5.92 Å². The molecule has 8 heteroatoms. The van der Waals surface area contributed by atoms with Crippen molar-refractivity contribution in [2.45, 2.75) is 121 Å². The lowest BCUT2D eigenvalue weighted by Gasteiger charge is -2.33. The number of fused-ring (bicyclic) bond motifs is 4. The van der Waals surface area contributed by atoms with Crippen molar-refractivity contribution in [3.63, 3.8) is 0 Å². The smallest absolute Gasteiger partial charge is 0.244 e. The van der Waals surface area contributed by atoms with E-state index in [-0.39, 0.29) is 18.1 Å². The maximum Gasteiger partial charge on any atom is 0.244 e. The molecule has 3 unspecified atom stereocenters. The van der Waals surface area contributed by atoms with Crippen molar-refractivity contribution in [3.8, 4) is 0 Å². The number of carbonyl (C=O) groups is 2. The van der Waals surface area contributed by atoms with E-state index >= 15 is 0 Å². The molecular formula is C26H39NO7. The summed E-state index contributed by atoms with van der Waals surface area (Å²) in [4.78, 5) is 24.1. The predicted molar refractivity (Wildman–Crippen MR) is 125 cm³/mol. The fraction of sp³-hybridized carbons (Fsp3) is 0.769. The van der Waals surface area contributed by atoms with Crippen molar-refractivity contribution in [1.82, 2.24) is 5.32 Å². The van der Waals surface area contributed by atoms with E-state index in [1.165, 1.54) is 38.7 Å². The maximum atomic E-state index is 12.5. The SMILES string of the molecule is CCCCCC[C@@H](C)/C=C(C)/C=C/C(=O)N[C@H]1CC2(OC1O)[C@@H]1O[C@@H]1C(O)(CC(C)=O)[C@@H]1O[C@@H]12. The Balaban J connectivity index is 1.29. The summed E-state index contributed by atoms with van der Waals surface area (Å²) in [6.45, 7) is 7.81. The van der Waals surface area contributed by atoms with Crippen LogP contribution in [0.5, 0.6) is 0 Å². The van der Waals surface area contributed by atoms with E-state index in [4.69, 9.17) is 14.2 Å². The number of carbonyl (C=O) groups excluding carboxylic acids is 2. The van der Waals surface area contributed by atoms with Gasteiger partial charge in [0.25, 0.3) is 0 Å². The van der Waals surface area contributed by atoms with Crippen LogP contribution in [0.4, 0.5) is 0 Å². The van der Waals surface area contributed by atoms with Gasteiger partial charge in [0.05, 0.1) is 6.04 Å². The zero-order valence-electron chi connectivity index (χ0n) is 20.7. The monoisotopic (exact) mass is 477 g/mol. The number of Topliss-reactive ketones (excluding diaryl/α,β-unsaturated/α-hetero) is 1. The van der Waals surface area contributed by atoms with Crippen molar-refractivity contribution in [2.75, 3.05) is 0 Å². The van der Waals surface area contributed by atoms with Crippen LogP contribution < -0.4 is 5.32 Å². The summed E-state index contributed by atoms with van der Waals surface area (Å²) in [7, 11) is 0. The number of nitrogens with one attached hydrogen (secondary N) is 1. The number of hydrogen-bond acceptors (Lipinski definition) is 7. The Morgan fingerprint density at radius 2 is 1.76 bits per heavy atom. The Labute approximate surface area is 201 Å². The maximum absolute atomic E-state index is 12.5. The van der Waals surface area contributed by atoms with Crippen molar-refractivity contribution in [1.29, 1.82) is 0 Å². The molecule has 3 saturated heterocycles. The van der Waals surface area contributed by atoms with Gasteiger partial charge < -0.3 is 29.7 Å². The highest BCUT2D eigenvalue weighted by molar-refractivity contribution is 5.88. The quantitative estimate of drug-likeness (QED) is 0.181. The van der Waals surface area contributed by atoms with Gasteiger partial charge in [-0.1, -0.05) is 57.3 Å². The number of ketones is 1. The number of ether oxygens (including phenoxy) is 3. The van der Waals surface area contributed by atoms with E-state index in [1.54, 1.807) is 6.08 Å². The summed E-state index contributed by atoms with van der Waals surface area (Å²) in [5, 5.41) is 24.3. The van der Waals surface area contributed by atoms with E-state index in [9.17, 15) is 19.8 Å². The van der Waals surface area contributed by atoms with Crippen LogP contribution in [-0.2, 0) is 23.8 Å². The lowest BCUT2D eigenvalue weighted by molar-refractivity contribution is -0.161. The molecule has 1 saturated carbocycles. The largest absolute Gasteiger partial charge is 0.384 e. The third kappa shape index (κ3) is 5.02. The molecule has 0 bridgehead atoms. The molecule has 1 amide bonds. The summed E-state index contributed by atoms with van der Waals surface area (Å²) in [6, 6.07) is -0.618. The fourth-order valence-electron chi connectivity index (χ4n) is 5.86. The summed E-state index contributed by atoms with van der Waals surface area (Å²) < 4.78 is 17.4. The number of allylic oxidation sites excluding steroid dienone is 3. The Morgan fingerprint density at radius 1 is 1.09 bits per heavy atom. The highest BCUT2D eigenvalue weighted by atomic mass is 16.7. The average molecular weight is 478 g/mol. The second kappa shape index (κ2) is 9.82. The van der Waals surface area contributed by atoms with Gasteiger partial charge in [0.1, 0.15) is 41.4 Å². The first kappa shape index (κ1) is 25.5. The standard InChI is InChI=1S/C26H39NO7/c1-5-6-7-8-9-15(2)12-16(3)10-11-19(29)27-18-14-26(34-24(18)30)22-20(32-22)25(31,13-17(4)28)21-23(26)33-21/h10-12,15,18,20-24,30-31H,5-9,13-14H2,1-4H3,(H,27,29)/b11-10+,16-12+/t15-,18+,20-,21+,22+,23-,24?,25?,26?/m1/s1. The molecule has 34 heavy (non-hydrogen) atoms. The van der Waals surface area contributed by atoms with Gasteiger partial charge in [-0.15, -0.1) is 0 Å². The molecule has 3 heterocycles. The number of unbranched alkanes of at least 4 members (excludes halogenated alkanes) is 3. The van der Waals surface area contributed by atoms with Gasteiger partial charge in [-0.2, -0.15) is 0 Å². The number of epoxide rings is 2. The van der Waals surface area contributed by atoms with E-state index < -0.39 is 47.9 Å². The Kier molecular flexibility index (Phi) is 7.37. The molecule has 0 aromatic carbocycles. The summed E-state index contributed by atoms with van der Waals surface area (Å²) in [5.74, 6) is 0.0142. The third-order valence-electron chi connectivity index (χ3n) is 7.57. The van der Waals surface area contributed by atoms with Gasteiger partial charge in [0, 0.05) is 18.9 Å². The highest BCUT2D eigenvalue weighted by Gasteiger charge is 2.83. The van der Waals surface area contributed by atoms with Crippen molar-refractivity contribution >= 4 is 11.7 Å². The van der Waals surface area contributed by atoms with Crippen molar-refractivity contribution in [3.05, 3.63) is 23.8 Å². The fourth-order valence-corrected chi connectivity index (χ4v) is 5.86. The van der Waals surface area contributed by atoms with Crippen LogP contribution in [-0.4, -0.2) is 69.9 Å². The van der Waals surface area contributed by atoms with Crippen LogP contribution in [0.15, 0.2) is 23.8 Å². The molecule has 4 aliphatic rings. The third-order valence-corrected chi connectivity index (χ3v) is 7.57. The van der Waals surface area contributed by atoms with Crippen LogP contribution in [0.1, 0.15) is 72.6 Å². The Bertz CT molecular complexity index is 834. The number of amides is 1. The minimum atomic E-state index is -1.36. The average Bonchev–Trinajstić information content (AvgIpc) is 3.66. The molecule has 4 rings (SSSR count). The molecule has 3 N–H and O–H groups in total. The minimum Gasteiger partial charge on any atom is -0.384 e. The minimum absolute atomic E-state index is 0.0385. The van der Waals surface area contributed by atoms with Crippen LogP contribution >= 0.6 is 0 Å². The molecule has 0 aromatic heterocycles. The predicted octanol–water partition coefficient (Wildman–Crippen LogP) is 2.32. The topological polar surface area (TPSA) is 121 Å². The summed E-state index contributed by atoms with van der Waals surface area (Å²) >= 11 is 0. The van der Waals surface area contributed by atoms with Crippen LogP contribution in [0.2, 0.25) is 0 Å². The van der Waals surface area contributed by atoms with Gasteiger partial charge in [0.2, 0.25) is 5.91 Å². The molecule has 1 spiro atoms. The second-order valence-corrected chi connectivity index (χ2v) is 10.7. The van der Waals surface area contributed by atoms with E-state index in [1.807, 2.05) is 6.92 Å². The zero-order chi connectivity index (χ0) is 24.7. The first-order chi connectivity index (χ1) is 16.1. The van der Waals surface area contributed by atoms with Gasteiger partial charge in [-0.25, -0.2) is 0 Å². The first-order valence-corrected chi connectivity index (χ1v) is 12.7. The highest BCUT2D eigenvalue weighted by Crippen LogP contribution is 2.62. The van der Waals surface area contributed by atoms with Crippen molar-refractivity contribution < 1.29 is 34.0 Å². The van der Waals surface area contributed by atoms with Crippen LogP contribution in [0.25, 0.3) is 0 Å². The number of aliphatic hydroxyl groups excluding tert-OH is 1. The number of aliphatic hydroxyl groups is 2. The van der Waals surface area contributed by atoms with Gasteiger partial charge in [0.15, 0.2) is 6.29 Å². The van der Waals surface area contributed by atoms with Gasteiger partial charge in [-0.05, 0) is 26.2 Å². The molecular weight excluding hydrogens is 438 g/mol.